The summed E-state index contributed by atoms with van der Waals surface area (Å²) in [6.07, 6.45) is 69.6. The van der Waals surface area contributed by atoms with E-state index < -0.39 is 20.0 Å². The van der Waals surface area contributed by atoms with E-state index in [0.29, 0.717) is 17.4 Å². The Morgan fingerprint density at radius 3 is 1.10 bits per heavy atom. The van der Waals surface area contributed by atoms with Gasteiger partial charge < -0.3 is 28.5 Å². The van der Waals surface area contributed by atoms with Crippen LogP contribution in [0.2, 0.25) is 0 Å². The van der Waals surface area contributed by atoms with Gasteiger partial charge in [0, 0.05) is 12.8 Å². The minimum absolute atomic E-state index is 0.0211. The number of ether oxygens (including phenoxy) is 1. The molecule has 0 aromatic carbocycles. The number of nitrogens with one attached hydrogen (secondary N) is 1. The van der Waals surface area contributed by atoms with Gasteiger partial charge in [0.05, 0.1) is 33.8 Å². The number of carbonyl (C=O) groups is 2. The fourth-order valence-electron chi connectivity index (χ4n) is 9.87. The van der Waals surface area contributed by atoms with E-state index in [9.17, 15) is 19.0 Å². The van der Waals surface area contributed by atoms with Crippen molar-refractivity contribution in [3.8, 4) is 0 Å². The van der Waals surface area contributed by atoms with Gasteiger partial charge in [0.2, 0.25) is 5.91 Å². The zero-order chi connectivity index (χ0) is 56.4. The van der Waals surface area contributed by atoms with Crippen molar-refractivity contribution in [1.82, 2.24) is 5.32 Å². The van der Waals surface area contributed by atoms with Crippen LogP contribution in [0.4, 0.5) is 0 Å². The highest BCUT2D eigenvalue weighted by Crippen LogP contribution is 2.38. The van der Waals surface area contributed by atoms with E-state index in [1.165, 1.54) is 225 Å². The molecule has 0 aliphatic carbocycles. The van der Waals surface area contributed by atoms with Crippen molar-refractivity contribution >= 4 is 19.7 Å². The van der Waals surface area contributed by atoms with E-state index in [2.05, 4.69) is 50.4 Å². The van der Waals surface area contributed by atoms with E-state index >= 15 is 0 Å². The van der Waals surface area contributed by atoms with Crippen LogP contribution in [-0.4, -0.2) is 69.4 Å². The number of nitrogens with zero attached hydrogens (tertiary/aromatic N) is 1. The summed E-state index contributed by atoms with van der Waals surface area (Å²) in [5, 5.41) is 3.04. The van der Waals surface area contributed by atoms with Crippen molar-refractivity contribution in [3.63, 3.8) is 0 Å². The maximum Gasteiger partial charge on any atom is 0.306 e. The van der Waals surface area contributed by atoms with Crippen molar-refractivity contribution in [1.29, 1.82) is 0 Å². The lowest BCUT2D eigenvalue weighted by atomic mass is 10.0. The first-order valence-corrected chi connectivity index (χ1v) is 34.8. The summed E-state index contributed by atoms with van der Waals surface area (Å²) in [4.78, 5) is 40.1. The molecule has 0 bridgehead atoms. The number of likely N-dealkylation sites (N-methyl/N-ethyl adjacent to an activating group) is 1. The number of carbonyl (C=O) groups excluding carboxylic acids is 2. The Balaban J connectivity index is 5.19. The third-order valence-corrected chi connectivity index (χ3v) is 16.0. The molecule has 77 heavy (non-hydrogen) atoms. The molecule has 0 fully saturated rings. The first-order chi connectivity index (χ1) is 37.4. The van der Waals surface area contributed by atoms with E-state index in [0.717, 1.165) is 70.6 Å². The second-order valence-electron chi connectivity index (χ2n) is 24.0. The van der Waals surface area contributed by atoms with Gasteiger partial charge in [-0.05, 0) is 83.1 Å². The minimum atomic E-state index is -4.70. The lowest BCUT2D eigenvalue weighted by Gasteiger charge is -2.30. The van der Waals surface area contributed by atoms with Crippen LogP contribution in [0.1, 0.15) is 329 Å². The van der Waals surface area contributed by atoms with Crippen LogP contribution < -0.4 is 10.2 Å². The summed E-state index contributed by atoms with van der Waals surface area (Å²) >= 11 is 0. The highest BCUT2D eigenvalue weighted by Gasteiger charge is 2.27. The Bertz CT molecular complexity index is 1410. The third kappa shape index (κ3) is 58.7. The molecule has 1 amide bonds. The van der Waals surface area contributed by atoms with Gasteiger partial charge in [-0.25, -0.2) is 0 Å². The van der Waals surface area contributed by atoms with Crippen LogP contribution in [0, 0.1) is 0 Å². The van der Waals surface area contributed by atoms with Gasteiger partial charge in [0.15, 0.2) is 0 Å². The molecule has 3 unspecified atom stereocenters. The summed E-state index contributed by atoms with van der Waals surface area (Å²) < 4.78 is 30.4. The monoisotopic (exact) mass is 1100 g/mol. The summed E-state index contributed by atoms with van der Waals surface area (Å²) in [6.45, 7) is 6.88. The fourth-order valence-corrected chi connectivity index (χ4v) is 10.6. The summed E-state index contributed by atoms with van der Waals surface area (Å²) in [6, 6.07) is -0.888. The number of hydrogen-bond donors (Lipinski definition) is 1. The number of phosphoric ester groups is 1. The van der Waals surface area contributed by atoms with Crippen molar-refractivity contribution < 1.29 is 37.3 Å². The van der Waals surface area contributed by atoms with Gasteiger partial charge in [0.1, 0.15) is 19.3 Å². The van der Waals surface area contributed by atoms with Gasteiger partial charge in [-0.3, -0.25) is 14.2 Å². The van der Waals surface area contributed by atoms with E-state index in [4.69, 9.17) is 13.8 Å². The quantitative estimate of drug-likeness (QED) is 0.0212. The number of phosphoric acid groups is 1. The topological polar surface area (TPSA) is 114 Å². The number of rotatable bonds is 61. The Kier molecular flexibility index (Phi) is 56.1. The average molecular weight is 1110 g/mol. The Morgan fingerprint density at radius 1 is 0.442 bits per heavy atom. The molecule has 0 rings (SSSR count). The van der Waals surface area contributed by atoms with Gasteiger partial charge in [0.25, 0.3) is 7.82 Å². The zero-order valence-corrected chi connectivity index (χ0v) is 52.8. The molecule has 9 nitrogen and oxygen atoms in total. The molecule has 0 radical (unpaired) electrons. The van der Waals surface area contributed by atoms with Crippen LogP contribution in [0.15, 0.2) is 36.5 Å². The van der Waals surface area contributed by atoms with Gasteiger partial charge in [-0.2, -0.15) is 0 Å². The number of amides is 1. The van der Waals surface area contributed by atoms with Crippen molar-refractivity contribution in [2.24, 2.45) is 0 Å². The fraction of sp³-hybridized carbons (Fsp3) is 0.881. The molecule has 0 aliphatic rings. The number of hydrogen-bond acceptors (Lipinski definition) is 7. The Hall–Kier alpha value is -1.77. The normalized spacial score (nSPS) is 13.8. The molecule has 0 aromatic heterocycles. The summed E-state index contributed by atoms with van der Waals surface area (Å²) in [7, 11) is 1.19. The van der Waals surface area contributed by atoms with Crippen LogP contribution in [0.25, 0.3) is 0 Å². The largest absolute Gasteiger partial charge is 0.756 e. The highest BCUT2D eigenvalue weighted by atomic mass is 31.2. The summed E-state index contributed by atoms with van der Waals surface area (Å²) in [5.41, 5.74) is 0. The predicted octanol–water partition coefficient (Wildman–Crippen LogP) is 20.0. The van der Waals surface area contributed by atoms with Crippen LogP contribution >= 0.6 is 7.82 Å². The molecule has 0 saturated carbocycles. The van der Waals surface area contributed by atoms with Gasteiger partial charge in [-0.1, -0.05) is 269 Å². The first-order valence-electron chi connectivity index (χ1n) is 33.3. The predicted molar refractivity (Wildman–Crippen MR) is 330 cm³/mol. The number of esters is 1. The molecule has 3 atom stereocenters. The molecule has 0 spiro atoms. The molecule has 1 N–H and O–H groups in total. The lowest BCUT2D eigenvalue weighted by Crippen LogP contribution is -2.47. The maximum atomic E-state index is 13.6. The summed E-state index contributed by atoms with van der Waals surface area (Å²) in [5.74, 6) is -0.532. The minimum Gasteiger partial charge on any atom is -0.756 e. The first kappa shape index (κ1) is 75.2. The number of allylic oxidation sites excluding steroid dienone is 5. The number of quaternary nitrogens is 1. The molecule has 0 saturated heterocycles. The molecule has 0 heterocycles. The van der Waals surface area contributed by atoms with E-state index in [1.807, 2.05) is 33.3 Å². The third-order valence-electron chi connectivity index (χ3n) is 15.0. The maximum absolute atomic E-state index is 13.6. The molecule has 10 heteroatoms. The van der Waals surface area contributed by atoms with Crippen LogP contribution in [0.5, 0.6) is 0 Å². The van der Waals surface area contributed by atoms with Crippen molar-refractivity contribution in [2.75, 3.05) is 40.9 Å². The van der Waals surface area contributed by atoms with Gasteiger partial charge in [-0.15, -0.1) is 0 Å². The van der Waals surface area contributed by atoms with Crippen LogP contribution in [0.3, 0.4) is 0 Å². The molecular formula is C67H129N2O7P. The van der Waals surface area contributed by atoms with Crippen LogP contribution in [-0.2, 0) is 27.9 Å². The zero-order valence-electron chi connectivity index (χ0n) is 51.9. The van der Waals surface area contributed by atoms with Gasteiger partial charge >= 0.3 is 5.97 Å². The van der Waals surface area contributed by atoms with E-state index in [1.54, 1.807) is 0 Å². The Morgan fingerprint density at radius 2 is 0.753 bits per heavy atom. The molecular weight excluding hydrogens is 976 g/mol. The van der Waals surface area contributed by atoms with Crippen molar-refractivity contribution in [3.05, 3.63) is 36.5 Å². The highest BCUT2D eigenvalue weighted by molar-refractivity contribution is 7.45. The van der Waals surface area contributed by atoms with E-state index in [-0.39, 0.29) is 31.5 Å². The molecule has 0 aromatic rings. The second kappa shape index (κ2) is 57.5. The average Bonchev–Trinajstić information content (AvgIpc) is 3.39. The standard InChI is InChI=1S/C67H129N2O7P/c1-7-10-13-16-19-22-25-28-30-32-33-34-35-37-38-41-44-47-50-53-56-59-66(70)68-64(63-75-77(72,73)74-62-61-69(4,5)6)65(58-55-52-49-46-43-40-27-24-21-18-15-12-9-3)76-67(71)60-57-54-51-48-45-42-39-36-31-29-26-23-20-17-14-11-8-2/h28-31,55,58,64-65H,7-27,32-54,56-57,59-63H2,1-6H3,(H-,68,70,72,73)/b30-28+,31-29+,58-55-. The lowest BCUT2D eigenvalue weighted by molar-refractivity contribution is -0.870. The SMILES string of the molecule is CCCCCCCC/C=C/CCCCCCCCCCCCCC(=O)NC(COP(=O)([O-])OCC[N+](C)(C)C)C(/C=C\CCCCCCCCCCCCC)OC(=O)CCCCCCCCC/C=C/CCCCCCCC. The molecule has 0 aliphatic heterocycles. The smallest absolute Gasteiger partial charge is 0.306 e. The van der Waals surface area contributed by atoms with Crippen molar-refractivity contribution in [2.45, 2.75) is 341 Å². The second-order valence-corrected chi connectivity index (χ2v) is 25.4. The molecule has 454 valence electrons. The number of unbranched alkanes of at least 4 members (excludes halogenated alkanes) is 41. The Labute approximate surface area is 478 Å².